The van der Waals surface area contributed by atoms with Crippen LogP contribution < -0.4 is 10.6 Å². The van der Waals surface area contributed by atoms with Gasteiger partial charge in [-0.1, -0.05) is 26.7 Å². The maximum Gasteiger partial charge on any atom is 0.407 e. The van der Waals surface area contributed by atoms with Gasteiger partial charge in [0.1, 0.15) is 5.60 Å². The summed E-state index contributed by atoms with van der Waals surface area (Å²) in [5.74, 6) is 0.636. The first-order valence-electron chi connectivity index (χ1n) is 9.98. The predicted molar refractivity (Wildman–Crippen MR) is 101 cm³/mol. The largest absolute Gasteiger partial charge is 0.444 e. The standard InChI is InChI=1S/C20H38N2O3/c1-7-24-17-12-16(20(17,5)6)22-15(14-10-8-9-11-14)13-21-18(23)25-19(2,3)4/h14-17,22H,7-13H2,1-6H3,(H,21,23). The van der Waals surface area contributed by atoms with Crippen LogP contribution in [0.4, 0.5) is 4.79 Å². The highest BCUT2D eigenvalue weighted by Gasteiger charge is 2.49. The summed E-state index contributed by atoms with van der Waals surface area (Å²) in [6.07, 6.45) is 6.15. The Kier molecular flexibility index (Phi) is 6.77. The first-order valence-corrected chi connectivity index (χ1v) is 9.98. The van der Waals surface area contributed by atoms with Gasteiger partial charge in [-0.2, -0.15) is 0 Å². The van der Waals surface area contributed by atoms with Crippen molar-refractivity contribution in [2.75, 3.05) is 13.2 Å². The van der Waals surface area contributed by atoms with E-state index in [1.165, 1.54) is 25.7 Å². The first kappa shape index (κ1) is 20.5. The summed E-state index contributed by atoms with van der Waals surface area (Å²) in [7, 11) is 0. The highest BCUT2D eigenvalue weighted by atomic mass is 16.6. The molecule has 3 unspecified atom stereocenters. The van der Waals surface area contributed by atoms with Gasteiger partial charge in [-0.3, -0.25) is 0 Å². The van der Waals surface area contributed by atoms with E-state index in [0.29, 0.717) is 30.7 Å². The Bertz CT molecular complexity index is 439. The molecule has 2 aliphatic rings. The van der Waals surface area contributed by atoms with Gasteiger partial charge < -0.3 is 20.1 Å². The second kappa shape index (κ2) is 8.26. The van der Waals surface area contributed by atoms with Crippen LogP contribution in [0.25, 0.3) is 0 Å². The summed E-state index contributed by atoms with van der Waals surface area (Å²) in [4.78, 5) is 12.0. The van der Waals surface area contributed by atoms with Crippen molar-refractivity contribution in [1.82, 2.24) is 10.6 Å². The third-order valence-electron chi connectivity index (χ3n) is 5.79. The Hall–Kier alpha value is -0.810. The number of hydrogen-bond acceptors (Lipinski definition) is 4. The van der Waals surface area contributed by atoms with Crippen molar-refractivity contribution >= 4 is 6.09 Å². The normalized spacial score (nSPS) is 27.6. The fourth-order valence-corrected chi connectivity index (χ4v) is 4.14. The van der Waals surface area contributed by atoms with Crippen LogP contribution in [-0.4, -0.2) is 43.0 Å². The zero-order chi connectivity index (χ0) is 18.7. The molecule has 0 aromatic rings. The summed E-state index contributed by atoms with van der Waals surface area (Å²) in [5.41, 5.74) is -0.320. The van der Waals surface area contributed by atoms with Gasteiger partial charge in [0.25, 0.3) is 0 Å². The van der Waals surface area contributed by atoms with Crippen LogP contribution in [0, 0.1) is 11.3 Å². The van der Waals surface area contributed by atoms with Crippen LogP contribution in [-0.2, 0) is 9.47 Å². The Morgan fingerprint density at radius 2 is 1.88 bits per heavy atom. The van der Waals surface area contributed by atoms with Crippen molar-refractivity contribution in [3.8, 4) is 0 Å². The van der Waals surface area contributed by atoms with Crippen molar-refractivity contribution in [3.05, 3.63) is 0 Å². The van der Waals surface area contributed by atoms with Gasteiger partial charge in [0.2, 0.25) is 0 Å². The van der Waals surface area contributed by atoms with Crippen molar-refractivity contribution in [2.45, 2.75) is 97.4 Å². The van der Waals surface area contributed by atoms with E-state index in [4.69, 9.17) is 9.47 Å². The minimum absolute atomic E-state index is 0.138. The monoisotopic (exact) mass is 354 g/mol. The van der Waals surface area contributed by atoms with E-state index in [1.54, 1.807) is 0 Å². The molecule has 1 amide bonds. The van der Waals surface area contributed by atoms with Crippen LogP contribution in [0.5, 0.6) is 0 Å². The van der Waals surface area contributed by atoms with Gasteiger partial charge in [-0.05, 0) is 52.9 Å². The lowest BCUT2D eigenvalue weighted by molar-refractivity contribution is -0.117. The molecule has 0 heterocycles. The molecule has 2 fully saturated rings. The van der Waals surface area contributed by atoms with Gasteiger partial charge in [-0.15, -0.1) is 0 Å². The van der Waals surface area contributed by atoms with Crippen molar-refractivity contribution < 1.29 is 14.3 Å². The first-order chi connectivity index (χ1) is 11.6. The molecule has 5 heteroatoms. The number of rotatable bonds is 7. The van der Waals surface area contributed by atoms with E-state index in [1.807, 2.05) is 20.8 Å². The molecule has 3 atom stereocenters. The smallest absolute Gasteiger partial charge is 0.407 e. The highest BCUT2D eigenvalue weighted by Crippen LogP contribution is 2.43. The molecule has 2 saturated carbocycles. The molecule has 5 nitrogen and oxygen atoms in total. The molecule has 0 aromatic carbocycles. The molecule has 0 aliphatic heterocycles. The van der Waals surface area contributed by atoms with Gasteiger partial charge >= 0.3 is 6.09 Å². The molecule has 0 spiro atoms. The number of amides is 1. The number of hydrogen-bond donors (Lipinski definition) is 2. The van der Waals surface area contributed by atoms with Crippen LogP contribution in [0.3, 0.4) is 0 Å². The fraction of sp³-hybridized carbons (Fsp3) is 0.950. The van der Waals surface area contributed by atoms with Gasteiger partial charge in [0.15, 0.2) is 0 Å². The second-order valence-corrected chi connectivity index (χ2v) is 9.25. The number of carbonyl (C=O) groups is 1. The van der Waals surface area contributed by atoms with E-state index < -0.39 is 5.60 Å². The molecule has 25 heavy (non-hydrogen) atoms. The van der Waals surface area contributed by atoms with E-state index in [0.717, 1.165) is 13.0 Å². The number of carbonyl (C=O) groups excluding carboxylic acids is 1. The molecule has 0 bridgehead atoms. The minimum Gasteiger partial charge on any atom is -0.444 e. The van der Waals surface area contributed by atoms with E-state index >= 15 is 0 Å². The predicted octanol–water partition coefficient (Wildman–Crippen LogP) is 3.86. The number of ether oxygens (including phenoxy) is 2. The third-order valence-corrected chi connectivity index (χ3v) is 5.79. The van der Waals surface area contributed by atoms with Crippen LogP contribution in [0.1, 0.15) is 73.6 Å². The Labute approximate surface area is 153 Å². The lowest BCUT2D eigenvalue weighted by Crippen LogP contribution is -2.64. The fourth-order valence-electron chi connectivity index (χ4n) is 4.14. The summed E-state index contributed by atoms with van der Waals surface area (Å²) in [6.45, 7) is 13.7. The maximum atomic E-state index is 12.0. The summed E-state index contributed by atoms with van der Waals surface area (Å²) in [5, 5.41) is 6.82. The number of alkyl carbamates (subject to hydrolysis) is 1. The van der Waals surface area contributed by atoms with Crippen molar-refractivity contribution in [1.29, 1.82) is 0 Å². The van der Waals surface area contributed by atoms with Crippen LogP contribution in [0.2, 0.25) is 0 Å². The Morgan fingerprint density at radius 1 is 1.24 bits per heavy atom. The molecular weight excluding hydrogens is 316 g/mol. The van der Waals surface area contributed by atoms with Crippen molar-refractivity contribution in [3.63, 3.8) is 0 Å². The average molecular weight is 355 g/mol. The van der Waals surface area contributed by atoms with Gasteiger partial charge in [-0.25, -0.2) is 4.79 Å². The Morgan fingerprint density at radius 3 is 2.40 bits per heavy atom. The molecule has 2 rings (SSSR count). The molecule has 0 aromatic heterocycles. The topological polar surface area (TPSA) is 59.6 Å². The SMILES string of the molecule is CCOC1CC(NC(CNC(=O)OC(C)(C)C)C2CCCC2)C1(C)C. The molecule has 0 saturated heterocycles. The summed E-state index contributed by atoms with van der Waals surface area (Å²) < 4.78 is 11.2. The molecule has 2 aliphatic carbocycles. The van der Waals surface area contributed by atoms with Crippen LogP contribution >= 0.6 is 0 Å². The second-order valence-electron chi connectivity index (χ2n) is 9.25. The third kappa shape index (κ3) is 5.58. The quantitative estimate of drug-likeness (QED) is 0.729. The van der Waals surface area contributed by atoms with Gasteiger partial charge in [0.05, 0.1) is 6.10 Å². The number of nitrogens with one attached hydrogen (secondary N) is 2. The summed E-state index contributed by atoms with van der Waals surface area (Å²) >= 11 is 0. The molecular formula is C20H38N2O3. The molecule has 2 N–H and O–H groups in total. The maximum absolute atomic E-state index is 12.0. The van der Waals surface area contributed by atoms with E-state index in [2.05, 4.69) is 31.4 Å². The Balaban J connectivity index is 1.90. The van der Waals surface area contributed by atoms with E-state index in [-0.39, 0.29) is 11.5 Å². The average Bonchev–Trinajstić information content (AvgIpc) is 3.01. The lowest BCUT2D eigenvalue weighted by Gasteiger charge is -2.53. The minimum atomic E-state index is -0.457. The zero-order valence-electron chi connectivity index (χ0n) is 17.0. The molecule has 146 valence electrons. The zero-order valence-corrected chi connectivity index (χ0v) is 17.0. The highest BCUT2D eigenvalue weighted by molar-refractivity contribution is 5.67. The van der Waals surface area contributed by atoms with Crippen LogP contribution in [0.15, 0.2) is 0 Å². The molecule has 0 radical (unpaired) electrons. The van der Waals surface area contributed by atoms with Crippen molar-refractivity contribution in [2.24, 2.45) is 11.3 Å². The van der Waals surface area contributed by atoms with E-state index in [9.17, 15) is 4.79 Å². The lowest BCUT2D eigenvalue weighted by atomic mass is 9.64. The summed E-state index contributed by atoms with van der Waals surface area (Å²) in [6, 6.07) is 0.747. The van der Waals surface area contributed by atoms with Gasteiger partial charge in [0, 0.05) is 30.7 Å².